The van der Waals surface area contributed by atoms with E-state index >= 15 is 0 Å². The van der Waals surface area contributed by atoms with Gasteiger partial charge in [0.15, 0.2) is 4.32 Å². The number of hydrogen-bond acceptors (Lipinski definition) is 3. The molecule has 0 unspecified atom stereocenters. The van der Waals surface area contributed by atoms with Crippen molar-refractivity contribution in [2.45, 2.75) is 6.92 Å². The molecule has 0 saturated carbocycles. The van der Waals surface area contributed by atoms with E-state index in [1.807, 2.05) is 49.4 Å². The Hall–Kier alpha value is -1.88. The second-order valence-corrected chi connectivity index (χ2v) is 7.40. The molecule has 0 spiro atoms. The molecule has 0 N–H and O–H groups in total. The van der Waals surface area contributed by atoms with Crippen LogP contribution >= 0.6 is 35.6 Å². The van der Waals surface area contributed by atoms with Crippen molar-refractivity contribution in [3.8, 4) is 0 Å². The van der Waals surface area contributed by atoms with Crippen molar-refractivity contribution in [2.24, 2.45) is 0 Å². The van der Waals surface area contributed by atoms with Gasteiger partial charge in [0.2, 0.25) is 0 Å². The number of hydrogen-bond donors (Lipinski definition) is 0. The van der Waals surface area contributed by atoms with Crippen molar-refractivity contribution in [1.82, 2.24) is 0 Å². The summed E-state index contributed by atoms with van der Waals surface area (Å²) in [6.45, 7) is 1.97. The Morgan fingerprint density at radius 3 is 2.46 bits per heavy atom. The number of thiocarbonyl (C=S) groups is 1. The van der Waals surface area contributed by atoms with Gasteiger partial charge in [-0.1, -0.05) is 72.0 Å². The Bertz CT molecular complexity index is 841. The van der Waals surface area contributed by atoms with E-state index in [-0.39, 0.29) is 5.91 Å². The second kappa shape index (κ2) is 7.34. The van der Waals surface area contributed by atoms with Crippen LogP contribution in [-0.4, -0.2) is 10.2 Å². The molecule has 24 heavy (non-hydrogen) atoms. The smallest absolute Gasteiger partial charge is 0.268 e. The van der Waals surface area contributed by atoms with Crippen LogP contribution in [0, 0.1) is 0 Å². The van der Waals surface area contributed by atoms with Crippen molar-refractivity contribution in [2.75, 3.05) is 4.90 Å². The predicted molar refractivity (Wildman–Crippen MR) is 107 cm³/mol. The Kier molecular flexibility index (Phi) is 5.19. The van der Waals surface area contributed by atoms with Crippen LogP contribution < -0.4 is 4.90 Å². The third-order valence-electron chi connectivity index (χ3n) is 3.43. The van der Waals surface area contributed by atoms with Gasteiger partial charge in [-0.25, -0.2) is 0 Å². The lowest BCUT2D eigenvalue weighted by Crippen LogP contribution is -2.27. The van der Waals surface area contributed by atoms with Crippen molar-refractivity contribution < 1.29 is 4.79 Å². The Labute approximate surface area is 155 Å². The summed E-state index contributed by atoms with van der Waals surface area (Å²) >= 11 is 12.6. The van der Waals surface area contributed by atoms with E-state index in [0.717, 1.165) is 16.8 Å². The van der Waals surface area contributed by atoms with Gasteiger partial charge >= 0.3 is 0 Å². The molecular formula is C19H14ClNOS2. The van der Waals surface area contributed by atoms with E-state index < -0.39 is 0 Å². The van der Waals surface area contributed by atoms with Gasteiger partial charge in [-0.05, 0) is 48.4 Å². The van der Waals surface area contributed by atoms with Gasteiger partial charge < -0.3 is 0 Å². The van der Waals surface area contributed by atoms with Crippen LogP contribution in [0.5, 0.6) is 0 Å². The molecule has 1 fully saturated rings. The first kappa shape index (κ1) is 17.0. The molecule has 0 radical (unpaired) electrons. The Balaban J connectivity index is 1.85. The molecule has 5 heteroatoms. The van der Waals surface area contributed by atoms with Crippen LogP contribution in [-0.2, 0) is 4.79 Å². The van der Waals surface area contributed by atoms with Gasteiger partial charge in [0.1, 0.15) is 0 Å². The summed E-state index contributed by atoms with van der Waals surface area (Å²) in [5.41, 5.74) is 2.83. The lowest BCUT2D eigenvalue weighted by Gasteiger charge is -2.14. The molecule has 1 aliphatic rings. The first-order chi connectivity index (χ1) is 11.5. The number of nitrogens with zero attached hydrogens (tertiary/aromatic N) is 1. The normalized spacial score (nSPS) is 17.0. The zero-order valence-electron chi connectivity index (χ0n) is 12.9. The van der Waals surface area contributed by atoms with Gasteiger partial charge in [-0.3, -0.25) is 9.69 Å². The molecule has 2 aromatic rings. The van der Waals surface area contributed by atoms with E-state index in [4.69, 9.17) is 23.8 Å². The van der Waals surface area contributed by atoms with Crippen molar-refractivity contribution in [3.05, 3.63) is 81.7 Å². The molecule has 2 nitrogen and oxygen atoms in total. The van der Waals surface area contributed by atoms with Crippen LogP contribution in [0.25, 0.3) is 6.08 Å². The minimum Gasteiger partial charge on any atom is -0.268 e. The Morgan fingerprint density at radius 2 is 1.79 bits per heavy atom. The standard InChI is InChI=1S/C19H14ClNOS2/c1-13(11-14-5-3-2-4-6-14)12-17-18(22)21(19(23)24-17)16-9-7-15(20)8-10-16/h2-12H,1H3/b13-11+,17-12?. The molecule has 2 aromatic carbocycles. The summed E-state index contributed by atoms with van der Waals surface area (Å²) in [6.07, 6.45) is 3.91. The lowest BCUT2D eigenvalue weighted by atomic mass is 10.1. The van der Waals surface area contributed by atoms with Crippen molar-refractivity contribution in [3.63, 3.8) is 0 Å². The molecule has 1 saturated heterocycles. The van der Waals surface area contributed by atoms with Crippen LogP contribution in [0.3, 0.4) is 0 Å². The van der Waals surface area contributed by atoms with Gasteiger partial charge in [-0.15, -0.1) is 0 Å². The van der Waals surface area contributed by atoms with Crippen LogP contribution in [0.1, 0.15) is 12.5 Å². The maximum atomic E-state index is 12.7. The number of carbonyl (C=O) groups excluding carboxylic acids is 1. The number of allylic oxidation sites excluding steroid dienone is 2. The molecule has 3 rings (SSSR count). The highest BCUT2D eigenvalue weighted by atomic mass is 35.5. The number of halogens is 1. The summed E-state index contributed by atoms with van der Waals surface area (Å²) < 4.78 is 0.529. The predicted octanol–water partition coefficient (Wildman–Crippen LogP) is 5.69. The summed E-state index contributed by atoms with van der Waals surface area (Å²) in [4.78, 5) is 14.8. The zero-order valence-corrected chi connectivity index (χ0v) is 15.3. The average molecular weight is 372 g/mol. The number of amides is 1. The summed E-state index contributed by atoms with van der Waals surface area (Å²) in [6, 6.07) is 17.1. The topological polar surface area (TPSA) is 20.3 Å². The lowest BCUT2D eigenvalue weighted by molar-refractivity contribution is -0.113. The third-order valence-corrected chi connectivity index (χ3v) is 4.99. The van der Waals surface area contributed by atoms with Crippen LogP contribution in [0.15, 0.2) is 71.2 Å². The number of anilines is 1. The molecular weight excluding hydrogens is 358 g/mol. The molecule has 1 heterocycles. The SMILES string of the molecule is C/C(C=C1SC(=S)N(c2ccc(Cl)cc2)C1=O)=C\c1ccccc1. The van der Waals surface area contributed by atoms with E-state index in [2.05, 4.69) is 0 Å². The molecule has 0 aliphatic carbocycles. The van der Waals surface area contributed by atoms with Gasteiger partial charge in [0.25, 0.3) is 5.91 Å². The van der Waals surface area contributed by atoms with Crippen molar-refractivity contribution >= 4 is 57.6 Å². The first-order valence-electron chi connectivity index (χ1n) is 7.31. The quantitative estimate of drug-likeness (QED) is 0.510. The maximum absolute atomic E-state index is 12.7. The minimum absolute atomic E-state index is 0.104. The van der Waals surface area contributed by atoms with E-state index in [1.54, 1.807) is 24.3 Å². The second-order valence-electron chi connectivity index (χ2n) is 5.29. The van der Waals surface area contributed by atoms with Crippen LogP contribution in [0.4, 0.5) is 5.69 Å². The Morgan fingerprint density at radius 1 is 1.12 bits per heavy atom. The number of thioether (sulfide) groups is 1. The maximum Gasteiger partial charge on any atom is 0.270 e. The summed E-state index contributed by atoms with van der Waals surface area (Å²) in [7, 11) is 0. The van der Waals surface area contributed by atoms with E-state index in [9.17, 15) is 4.79 Å². The molecule has 1 aliphatic heterocycles. The fourth-order valence-corrected chi connectivity index (χ4v) is 3.82. The molecule has 0 atom stereocenters. The number of carbonyl (C=O) groups is 1. The molecule has 0 bridgehead atoms. The largest absolute Gasteiger partial charge is 0.270 e. The number of rotatable bonds is 3. The fourth-order valence-electron chi connectivity index (χ4n) is 2.34. The third kappa shape index (κ3) is 3.78. The zero-order chi connectivity index (χ0) is 17.1. The minimum atomic E-state index is -0.104. The van der Waals surface area contributed by atoms with E-state index in [0.29, 0.717) is 14.2 Å². The van der Waals surface area contributed by atoms with Gasteiger partial charge in [-0.2, -0.15) is 0 Å². The summed E-state index contributed by atoms with van der Waals surface area (Å²) in [5.74, 6) is -0.104. The molecule has 1 amide bonds. The van der Waals surface area contributed by atoms with Gasteiger partial charge in [0.05, 0.1) is 10.6 Å². The van der Waals surface area contributed by atoms with Gasteiger partial charge in [0, 0.05) is 5.02 Å². The molecule has 120 valence electrons. The highest BCUT2D eigenvalue weighted by Gasteiger charge is 2.33. The average Bonchev–Trinajstić information content (AvgIpc) is 2.83. The fraction of sp³-hybridized carbons (Fsp3) is 0.0526. The first-order valence-corrected chi connectivity index (χ1v) is 8.92. The molecule has 0 aromatic heterocycles. The summed E-state index contributed by atoms with van der Waals surface area (Å²) in [5, 5.41) is 0.626. The highest BCUT2D eigenvalue weighted by molar-refractivity contribution is 8.27. The van der Waals surface area contributed by atoms with Crippen LogP contribution in [0.2, 0.25) is 5.02 Å². The van der Waals surface area contributed by atoms with Crippen molar-refractivity contribution in [1.29, 1.82) is 0 Å². The number of benzene rings is 2. The monoisotopic (exact) mass is 371 g/mol. The van der Waals surface area contributed by atoms with E-state index in [1.165, 1.54) is 16.7 Å². The highest BCUT2D eigenvalue weighted by Crippen LogP contribution is 2.35.